The summed E-state index contributed by atoms with van der Waals surface area (Å²) in [5.41, 5.74) is 0. The number of rotatable bonds is 6. The topological polar surface area (TPSA) is 32.3 Å². The van der Waals surface area contributed by atoms with Gasteiger partial charge in [-0.15, -0.1) is 11.8 Å². The molecular formula is C11H22N2OS. The number of carbonyl (C=O) groups excluding carboxylic acids is 1. The van der Waals surface area contributed by atoms with Gasteiger partial charge in [-0.1, -0.05) is 13.8 Å². The number of nitrogens with one attached hydrogen (secondary N) is 1. The molecule has 1 aliphatic rings. The van der Waals surface area contributed by atoms with E-state index in [1.807, 2.05) is 0 Å². The smallest absolute Gasteiger partial charge is 0.230 e. The summed E-state index contributed by atoms with van der Waals surface area (Å²) in [7, 11) is 0. The lowest BCUT2D eigenvalue weighted by atomic mass is 10.4. The summed E-state index contributed by atoms with van der Waals surface area (Å²) in [6.07, 6.45) is 2.63. The minimum absolute atomic E-state index is 0.174. The Bertz CT molecular complexity index is 191. The van der Waals surface area contributed by atoms with Crippen molar-refractivity contribution >= 4 is 17.7 Å². The van der Waals surface area contributed by atoms with Crippen molar-refractivity contribution in [2.75, 3.05) is 31.9 Å². The Hall–Kier alpha value is -0.220. The van der Waals surface area contributed by atoms with Crippen LogP contribution in [-0.2, 0) is 4.79 Å². The van der Waals surface area contributed by atoms with E-state index < -0.39 is 0 Å². The van der Waals surface area contributed by atoms with Crippen molar-refractivity contribution in [3.8, 4) is 0 Å². The van der Waals surface area contributed by atoms with E-state index in [2.05, 4.69) is 24.1 Å². The van der Waals surface area contributed by atoms with Gasteiger partial charge in [0, 0.05) is 13.1 Å². The number of amides is 1. The summed E-state index contributed by atoms with van der Waals surface area (Å²) in [4.78, 5) is 13.8. The average molecular weight is 230 g/mol. The monoisotopic (exact) mass is 230 g/mol. The van der Waals surface area contributed by atoms with Crippen LogP contribution < -0.4 is 5.32 Å². The van der Waals surface area contributed by atoms with Crippen LogP contribution in [0.25, 0.3) is 0 Å². The SMILES string of the molecule is CC(C)SCC(=O)NCCN1CCCC1. The highest BCUT2D eigenvalue weighted by molar-refractivity contribution is 8.00. The first-order valence-electron chi connectivity index (χ1n) is 5.79. The molecular weight excluding hydrogens is 208 g/mol. The second-order valence-corrected chi connectivity index (χ2v) is 5.82. The van der Waals surface area contributed by atoms with E-state index in [1.54, 1.807) is 11.8 Å². The molecule has 1 rings (SSSR count). The molecule has 0 radical (unpaired) electrons. The molecule has 0 unspecified atom stereocenters. The molecule has 1 N–H and O–H groups in total. The third kappa shape index (κ3) is 6.05. The Labute approximate surface area is 97.0 Å². The number of hydrogen-bond donors (Lipinski definition) is 1. The second-order valence-electron chi connectivity index (χ2n) is 4.26. The molecule has 1 fully saturated rings. The van der Waals surface area contributed by atoms with E-state index in [-0.39, 0.29) is 5.91 Å². The fourth-order valence-corrected chi connectivity index (χ4v) is 2.24. The molecule has 0 bridgehead atoms. The highest BCUT2D eigenvalue weighted by atomic mass is 32.2. The lowest BCUT2D eigenvalue weighted by Gasteiger charge is -2.14. The molecule has 0 spiro atoms. The summed E-state index contributed by atoms with van der Waals surface area (Å²) < 4.78 is 0. The van der Waals surface area contributed by atoms with E-state index >= 15 is 0 Å². The van der Waals surface area contributed by atoms with Crippen molar-refractivity contribution in [2.24, 2.45) is 0 Å². The summed E-state index contributed by atoms with van der Waals surface area (Å²) in [5, 5.41) is 3.50. The number of thioether (sulfide) groups is 1. The van der Waals surface area contributed by atoms with Gasteiger partial charge in [-0.05, 0) is 31.2 Å². The predicted octanol–water partition coefficient (Wildman–Crippen LogP) is 1.34. The minimum atomic E-state index is 0.174. The molecule has 88 valence electrons. The maximum Gasteiger partial charge on any atom is 0.230 e. The number of nitrogens with zero attached hydrogens (tertiary/aromatic N) is 1. The van der Waals surface area contributed by atoms with Gasteiger partial charge < -0.3 is 10.2 Å². The fourth-order valence-electron chi connectivity index (χ4n) is 1.65. The van der Waals surface area contributed by atoms with Crippen molar-refractivity contribution in [3.05, 3.63) is 0 Å². The second kappa shape index (κ2) is 7.12. The lowest BCUT2D eigenvalue weighted by molar-refractivity contribution is -0.118. The van der Waals surface area contributed by atoms with Gasteiger partial charge in [0.1, 0.15) is 0 Å². The first-order valence-corrected chi connectivity index (χ1v) is 6.84. The van der Waals surface area contributed by atoms with Gasteiger partial charge >= 0.3 is 0 Å². The van der Waals surface area contributed by atoms with Gasteiger partial charge in [0.2, 0.25) is 5.91 Å². The predicted molar refractivity (Wildman–Crippen MR) is 66.3 cm³/mol. The maximum atomic E-state index is 11.4. The molecule has 0 aromatic heterocycles. The average Bonchev–Trinajstić information content (AvgIpc) is 2.67. The van der Waals surface area contributed by atoms with Crippen LogP contribution in [-0.4, -0.2) is 48.0 Å². The Morgan fingerprint density at radius 3 is 2.67 bits per heavy atom. The zero-order valence-electron chi connectivity index (χ0n) is 9.79. The third-order valence-electron chi connectivity index (χ3n) is 2.50. The molecule has 0 aromatic carbocycles. The third-order valence-corrected chi connectivity index (χ3v) is 3.59. The van der Waals surface area contributed by atoms with Crippen molar-refractivity contribution in [3.63, 3.8) is 0 Å². The van der Waals surface area contributed by atoms with Crippen molar-refractivity contribution in [2.45, 2.75) is 31.9 Å². The van der Waals surface area contributed by atoms with E-state index in [1.165, 1.54) is 25.9 Å². The van der Waals surface area contributed by atoms with Crippen LogP contribution in [0.15, 0.2) is 0 Å². The number of hydrogen-bond acceptors (Lipinski definition) is 3. The molecule has 15 heavy (non-hydrogen) atoms. The first kappa shape index (κ1) is 12.8. The summed E-state index contributed by atoms with van der Waals surface area (Å²) >= 11 is 1.70. The molecule has 0 atom stereocenters. The molecule has 0 aliphatic carbocycles. The van der Waals surface area contributed by atoms with Crippen LogP contribution in [0.3, 0.4) is 0 Å². The summed E-state index contributed by atoms with van der Waals surface area (Å²) in [6, 6.07) is 0. The molecule has 1 amide bonds. The van der Waals surface area contributed by atoms with E-state index in [4.69, 9.17) is 0 Å². The van der Waals surface area contributed by atoms with Crippen LogP contribution in [0.5, 0.6) is 0 Å². The zero-order chi connectivity index (χ0) is 11.1. The molecule has 0 aromatic rings. The highest BCUT2D eigenvalue weighted by Gasteiger charge is 2.11. The molecule has 1 heterocycles. The fraction of sp³-hybridized carbons (Fsp3) is 0.909. The van der Waals surface area contributed by atoms with E-state index in [0.29, 0.717) is 11.0 Å². The van der Waals surface area contributed by atoms with Gasteiger partial charge in [0.05, 0.1) is 5.75 Å². The van der Waals surface area contributed by atoms with Crippen LogP contribution in [0, 0.1) is 0 Å². The molecule has 1 saturated heterocycles. The van der Waals surface area contributed by atoms with Gasteiger partial charge in [-0.2, -0.15) is 0 Å². The molecule has 4 heteroatoms. The van der Waals surface area contributed by atoms with Crippen molar-refractivity contribution in [1.29, 1.82) is 0 Å². The number of carbonyl (C=O) groups is 1. The zero-order valence-corrected chi connectivity index (χ0v) is 10.6. The largest absolute Gasteiger partial charge is 0.354 e. The maximum absolute atomic E-state index is 11.4. The standard InChI is InChI=1S/C11H22N2OS/c1-10(2)15-9-11(14)12-5-8-13-6-3-4-7-13/h10H,3-9H2,1-2H3,(H,12,14). The molecule has 0 saturated carbocycles. The first-order chi connectivity index (χ1) is 7.18. The van der Waals surface area contributed by atoms with E-state index in [0.717, 1.165) is 13.1 Å². The summed E-state index contributed by atoms with van der Waals surface area (Å²) in [5.74, 6) is 0.769. The van der Waals surface area contributed by atoms with Gasteiger partial charge in [0.25, 0.3) is 0 Å². The van der Waals surface area contributed by atoms with Crippen molar-refractivity contribution < 1.29 is 4.79 Å². The van der Waals surface area contributed by atoms with E-state index in [9.17, 15) is 4.79 Å². The quantitative estimate of drug-likeness (QED) is 0.747. The van der Waals surface area contributed by atoms with Crippen molar-refractivity contribution in [1.82, 2.24) is 10.2 Å². The molecule has 3 nitrogen and oxygen atoms in total. The number of likely N-dealkylation sites (tertiary alicyclic amines) is 1. The Balaban J connectivity index is 1.96. The van der Waals surface area contributed by atoms with Crippen LogP contribution in [0.1, 0.15) is 26.7 Å². The Morgan fingerprint density at radius 1 is 1.40 bits per heavy atom. The minimum Gasteiger partial charge on any atom is -0.354 e. The van der Waals surface area contributed by atoms with Crippen LogP contribution in [0.2, 0.25) is 0 Å². The van der Waals surface area contributed by atoms with Crippen LogP contribution in [0.4, 0.5) is 0 Å². The molecule has 1 aliphatic heterocycles. The lowest BCUT2D eigenvalue weighted by Crippen LogP contribution is -2.34. The normalized spacial score (nSPS) is 17.3. The Kier molecular flexibility index (Phi) is 6.10. The van der Waals surface area contributed by atoms with Crippen LogP contribution >= 0.6 is 11.8 Å². The summed E-state index contributed by atoms with van der Waals surface area (Å²) in [6.45, 7) is 8.45. The van der Waals surface area contributed by atoms with Gasteiger partial charge in [-0.3, -0.25) is 4.79 Å². The Morgan fingerprint density at radius 2 is 2.07 bits per heavy atom. The highest BCUT2D eigenvalue weighted by Crippen LogP contribution is 2.08. The van der Waals surface area contributed by atoms with Gasteiger partial charge in [-0.25, -0.2) is 0 Å². The van der Waals surface area contributed by atoms with Gasteiger partial charge in [0.15, 0.2) is 0 Å².